The molecule has 0 radical (unpaired) electrons. The standard InChI is InChI=1S/C29H29N3O5/c1-5-37-28(34)26-24(31-29(35)30-23-10-6-8-18(2)19(23)3)16-17-32(26)21-14-12-20(13-15-21)22-9-7-11-25(36-4)27(22)33/h6-17,33H,5H2,1-4H3,(H2,30,31,35). The van der Waals surface area contributed by atoms with Gasteiger partial charge in [0.2, 0.25) is 0 Å². The largest absolute Gasteiger partial charge is 0.504 e. The maximum Gasteiger partial charge on any atom is 0.357 e. The Morgan fingerprint density at radius 3 is 2.32 bits per heavy atom. The first-order valence-electron chi connectivity index (χ1n) is 11.8. The number of anilines is 2. The Hall–Kier alpha value is -4.72. The maximum atomic E-state index is 12.9. The number of hydrogen-bond acceptors (Lipinski definition) is 5. The molecule has 0 saturated carbocycles. The van der Waals surface area contributed by atoms with Gasteiger partial charge in [0, 0.05) is 23.1 Å². The molecule has 4 aromatic rings. The van der Waals surface area contributed by atoms with Crippen LogP contribution < -0.4 is 15.4 Å². The smallest absolute Gasteiger partial charge is 0.357 e. The third-order valence-electron chi connectivity index (χ3n) is 6.13. The van der Waals surface area contributed by atoms with Crippen LogP contribution in [0.3, 0.4) is 0 Å². The van der Waals surface area contributed by atoms with Crippen LogP contribution in [0.1, 0.15) is 28.5 Å². The Labute approximate surface area is 215 Å². The molecule has 4 rings (SSSR count). The van der Waals surface area contributed by atoms with Gasteiger partial charge in [-0.15, -0.1) is 0 Å². The van der Waals surface area contributed by atoms with Gasteiger partial charge in [-0.05, 0) is 67.8 Å². The molecule has 3 N–H and O–H groups in total. The molecule has 3 aromatic carbocycles. The predicted molar refractivity (Wildman–Crippen MR) is 144 cm³/mol. The van der Waals surface area contributed by atoms with Crippen LogP contribution in [0, 0.1) is 13.8 Å². The van der Waals surface area contributed by atoms with Crippen LogP contribution in [-0.2, 0) is 4.74 Å². The number of benzene rings is 3. The van der Waals surface area contributed by atoms with E-state index in [0.29, 0.717) is 28.4 Å². The van der Waals surface area contributed by atoms with Crippen molar-refractivity contribution in [3.8, 4) is 28.3 Å². The minimum atomic E-state index is -0.566. The number of methoxy groups -OCH3 is 1. The second kappa shape index (κ2) is 10.9. The molecule has 2 amide bonds. The molecule has 0 unspecified atom stereocenters. The number of para-hydroxylation sites is 1. The molecule has 1 heterocycles. The van der Waals surface area contributed by atoms with Crippen molar-refractivity contribution in [3.05, 3.63) is 89.7 Å². The van der Waals surface area contributed by atoms with Crippen LogP contribution in [0.15, 0.2) is 72.9 Å². The Kier molecular flexibility index (Phi) is 7.48. The highest BCUT2D eigenvalue weighted by atomic mass is 16.5. The molecular weight excluding hydrogens is 470 g/mol. The van der Waals surface area contributed by atoms with Gasteiger partial charge in [-0.3, -0.25) is 0 Å². The fourth-order valence-corrected chi connectivity index (χ4v) is 4.04. The van der Waals surface area contributed by atoms with Gasteiger partial charge in [0.25, 0.3) is 0 Å². The number of hydrogen-bond donors (Lipinski definition) is 3. The van der Waals surface area contributed by atoms with E-state index < -0.39 is 12.0 Å². The molecule has 0 aliphatic heterocycles. The zero-order valence-electron chi connectivity index (χ0n) is 21.2. The summed E-state index contributed by atoms with van der Waals surface area (Å²) >= 11 is 0. The molecule has 0 aliphatic rings. The molecular formula is C29H29N3O5. The van der Waals surface area contributed by atoms with Crippen LogP contribution in [0.5, 0.6) is 11.5 Å². The van der Waals surface area contributed by atoms with Crippen molar-refractivity contribution in [2.24, 2.45) is 0 Å². The molecule has 0 aliphatic carbocycles. The third kappa shape index (κ3) is 5.28. The van der Waals surface area contributed by atoms with E-state index in [0.717, 1.165) is 16.7 Å². The van der Waals surface area contributed by atoms with Crippen molar-refractivity contribution < 1.29 is 24.2 Å². The van der Waals surface area contributed by atoms with Gasteiger partial charge in [-0.1, -0.05) is 36.4 Å². The second-order valence-electron chi connectivity index (χ2n) is 8.40. The van der Waals surface area contributed by atoms with Gasteiger partial charge in [0.15, 0.2) is 17.2 Å². The SMILES string of the molecule is CCOC(=O)c1c(NC(=O)Nc2cccc(C)c2C)ccn1-c1ccc(-c2cccc(OC)c2O)cc1. The molecule has 37 heavy (non-hydrogen) atoms. The highest BCUT2D eigenvalue weighted by Crippen LogP contribution is 2.37. The number of phenolic OH excluding ortho intramolecular Hbond substituents is 1. The predicted octanol–water partition coefficient (Wildman–Crippen LogP) is 6.30. The summed E-state index contributed by atoms with van der Waals surface area (Å²) in [4.78, 5) is 25.7. The van der Waals surface area contributed by atoms with Crippen molar-refractivity contribution in [1.29, 1.82) is 0 Å². The third-order valence-corrected chi connectivity index (χ3v) is 6.13. The number of aryl methyl sites for hydroxylation is 1. The zero-order chi connectivity index (χ0) is 26.5. The lowest BCUT2D eigenvalue weighted by molar-refractivity contribution is 0.0518. The summed E-state index contributed by atoms with van der Waals surface area (Å²) in [6.07, 6.45) is 1.69. The lowest BCUT2D eigenvalue weighted by Gasteiger charge is -2.14. The van der Waals surface area contributed by atoms with Crippen LogP contribution >= 0.6 is 0 Å². The van der Waals surface area contributed by atoms with Crippen molar-refractivity contribution in [1.82, 2.24) is 4.57 Å². The topological polar surface area (TPSA) is 102 Å². The minimum absolute atomic E-state index is 0.0484. The minimum Gasteiger partial charge on any atom is -0.504 e. The quantitative estimate of drug-likeness (QED) is 0.259. The number of aromatic nitrogens is 1. The van der Waals surface area contributed by atoms with Gasteiger partial charge in [0.1, 0.15) is 0 Å². The molecule has 0 atom stereocenters. The summed E-state index contributed by atoms with van der Waals surface area (Å²) in [5.74, 6) is -0.136. The highest BCUT2D eigenvalue weighted by molar-refractivity contribution is 6.05. The van der Waals surface area contributed by atoms with Gasteiger partial charge in [-0.2, -0.15) is 0 Å². The Morgan fingerprint density at radius 1 is 0.919 bits per heavy atom. The van der Waals surface area contributed by atoms with Gasteiger partial charge >= 0.3 is 12.0 Å². The monoisotopic (exact) mass is 499 g/mol. The average Bonchev–Trinajstić information content (AvgIpc) is 3.30. The number of phenols is 1. The van der Waals surface area contributed by atoms with Crippen molar-refractivity contribution in [3.63, 3.8) is 0 Å². The Bertz CT molecular complexity index is 1440. The van der Waals surface area contributed by atoms with E-state index in [-0.39, 0.29) is 18.1 Å². The molecule has 0 saturated heterocycles. The molecule has 0 fully saturated rings. The van der Waals surface area contributed by atoms with Crippen LogP contribution in [-0.4, -0.2) is 35.4 Å². The van der Waals surface area contributed by atoms with E-state index in [2.05, 4.69) is 10.6 Å². The van der Waals surface area contributed by atoms with E-state index in [1.54, 1.807) is 42.0 Å². The first-order chi connectivity index (χ1) is 17.8. The zero-order valence-corrected chi connectivity index (χ0v) is 21.2. The van der Waals surface area contributed by atoms with E-state index in [4.69, 9.17) is 9.47 Å². The van der Waals surface area contributed by atoms with E-state index in [9.17, 15) is 14.7 Å². The molecule has 0 bridgehead atoms. The Balaban J connectivity index is 1.64. The van der Waals surface area contributed by atoms with E-state index in [1.165, 1.54) is 7.11 Å². The summed E-state index contributed by atoms with van der Waals surface area (Å²) in [7, 11) is 1.50. The number of carbonyl (C=O) groups is 2. The lowest BCUT2D eigenvalue weighted by atomic mass is 10.0. The molecule has 1 aromatic heterocycles. The van der Waals surface area contributed by atoms with E-state index in [1.807, 2.05) is 56.3 Å². The number of urea groups is 1. The first-order valence-corrected chi connectivity index (χ1v) is 11.8. The molecule has 190 valence electrons. The fourth-order valence-electron chi connectivity index (χ4n) is 4.04. The van der Waals surface area contributed by atoms with Crippen molar-refractivity contribution in [2.75, 3.05) is 24.4 Å². The van der Waals surface area contributed by atoms with Crippen LogP contribution in [0.25, 0.3) is 16.8 Å². The van der Waals surface area contributed by atoms with Crippen LogP contribution in [0.4, 0.5) is 16.2 Å². The number of carbonyl (C=O) groups excluding carboxylic acids is 2. The normalized spacial score (nSPS) is 10.6. The van der Waals surface area contributed by atoms with Crippen molar-refractivity contribution in [2.45, 2.75) is 20.8 Å². The molecule has 8 nitrogen and oxygen atoms in total. The number of amides is 2. The Morgan fingerprint density at radius 2 is 1.62 bits per heavy atom. The number of nitrogens with zero attached hydrogens (tertiary/aromatic N) is 1. The number of ether oxygens (including phenoxy) is 2. The summed E-state index contributed by atoms with van der Waals surface area (Å²) < 4.78 is 12.1. The summed E-state index contributed by atoms with van der Waals surface area (Å²) in [5.41, 5.74) is 5.28. The summed E-state index contributed by atoms with van der Waals surface area (Å²) in [5, 5.41) is 16.1. The van der Waals surface area contributed by atoms with Gasteiger partial charge in [0.05, 0.1) is 19.4 Å². The summed E-state index contributed by atoms with van der Waals surface area (Å²) in [6.45, 7) is 5.81. The number of aromatic hydroxyl groups is 1. The fraction of sp³-hybridized carbons (Fsp3) is 0.172. The summed E-state index contributed by atoms with van der Waals surface area (Å²) in [6, 6.07) is 19.4. The number of esters is 1. The first kappa shape index (κ1) is 25.4. The van der Waals surface area contributed by atoms with Gasteiger partial charge < -0.3 is 29.8 Å². The van der Waals surface area contributed by atoms with Gasteiger partial charge in [-0.25, -0.2) is 9.59 Å². The maximum absolute atomic E-state index is 12.9. The van der Waals surface area contributed by atoms with Crippen LogP contribution in [0.2, 0.25) is 0 Å². The number of rotatable bonds is 7. The average molecular weight is 500 g/mol. The van der Waals surface area contributed by atoms with E-state index >= 15 is 0 Å². The molecule has 8 heteroatoms. The second-order valence-corrected chi connectivity index (χ2v) is 8.40. The van der Waals surface area contributed by atoms with Crippen molar-refractivity contribution >= 4 is 23.4 Å². The highest BCUT2D eigenvalue weighted by Gasteiger charge is 2.21. The lowest BCUT2D eigenvalue weighted by Crippen LogP contribution is -2.22. The molecule has 0 spiro atoms. The number of nitrogens with one attached hydrogen (secondary N) is 2.